The van der Waals surface area contributed by atoms with E-state index in [-0.39, 0.29) is 17.5 Å². The first-order valence-electron chi connectivity index (χ1n) is 5.43. The molecule has 2 rings (SSSR count). The summed E-state index contributed by atoms with van der Waals surface area (Å²) in [6.45, 7) is 0.498. The lowest BCUT2D eigenvalue weighted by atomic mass is 10.4. The molecule has 0 aliphatic heterocycles. The number of nitrogens with two attached hydrogens (primary N) is 1. The van der Waals surface area contributed by atoms with Crippen molar-refractivity contribution in [3.05, 3.63) is 37.1 Å². The number of thiophene rings is 1. The highest BCUT2D eigenvalue weighted by molar-refractivity contribution is 9.10. The van der Waals surface area contributed by atoms with E-state index >= 15 is 0 Å². The fourth-order valence-corrected chi connectivity index (χ4v) is 3.09. The smallest absolute Gasteiger partial charge is 0.329 e. The number of nitrogens with one attached hydrogen (secondary N) is 1. The second kappa shape index (κ2) is 6.11. The van der Waals surface area contributed by atoms with Crippen LogP contribution in [-0.2, 0) is 6.54 Å². The third kappa shape index (κ3) is 3.21. The van der Waals surface area contributed by atoms with Crippen molar-refractivity contribution in [1.29, 1.82) is 0 Å². The van der Waals surface area contributed by atoms with Gasteiger partial charge in [0.05, 0.1) is 11.5 Å². The quantitative estimate of drug-likeness (QED) is 0.478. The molecular weight excluding hydrogens is 348 g/mol. The molecule has 20 heavy (non-hydrogen) atoms. The number of nitro groups is 1. The molecule has 0 saturated carbocycles. The Bertz CT molecular complexity index is 634. The van der Waals surface area contributed by atoms with Crippen molar-refractivity contribution in [3.63, 3.8) is 0 Å². The summed E-state index contributed by atoms with van der Waals surface area (Å²) in [6.07, 6.45) is 1.14. The van der Waals surface area contributed by atoms with E-state index in [1.807, 2.05) is 11.4 Å². The van der Waals surface area contributed by atoms with Gasteiger partial charge in [0.15, 0.2) is 0 Å². The first-order chi connectivity index (χ1) is 9.51. The minimum Gasteiger partial charge on any atom is -0.349 e. The maximum absolute atomic E-state index is 11.0. The van der Waals surface area contributed by atoms with Crippen LogP contribution < -0.4 is 16.2 Å². The van der Waals surface area contributed by atoms with Gasteiger partial charge in [-0.3, -0.25) is 15.5 Å². The lowest BCUT2D eigenvalue weighted by molar-refractivity contribution is -0.384. The summed E-state index contributed by atoms with van der Waals surface area (Å²) >= 11 is 4.92. The molecule has 2 heterocycles. The van der Waals surface area contributed by atoms with E-state index < -0.39 is 4.92 Å². The summed E-state index contributed by atoms with van der Waals surface area (Å²) in [5, 5.41) is 13.0. The van der Waals surface area contributed by atoms with Gasteiger partial charge in [-0.15, -0.1) is 11.3 Å². The van der Waals surface area contributed by atoms with Gasteiger partial charge in [0, 0.05) is 21.8 Å². The van der Waals surface area contributed by atoms with Crippen LogP contribution in [0.5, 0.6) is 0 Å². The van der Waals surface area contributed by atoms with Crippen LogP contribution in [0.3, 0.4) is 0 Å². The molecule has 2 aromatic heterocycles. The van der Waals surface area contributed by atoms with Crippen molar-refractivity contribution < 1.29 is 4.92 Å². The van der Waals surface area contributed by atoms with Crippen LogP contribution in [-0.4, -0.2) is 21.9 Å². The van der Waals surface area contributed by atoms with Crippen LogP contribution in [0.1, 0.15) is 4.88 Å². The van der Waals surface area contributed by atoms with E-state index in [0.717, 1.165) is 15.5 Å². The Balaban J connectivity index is 2.31. The summed E-state index contributed by atoms with van der Waals surface area (Å²) in [6, 6.07) is 1.95. The maximum atomic E-state index is 11.0. The predicted octanol–water partition coefficient (Wildman–Crippen LogP) is 2.13. The Morgan fingerprint density at radius 3 is 2.95 bits per heavy atom. The average molecular weight is 359 g/mol. The highest BCUT2D eigenvalue weighted by Crippen LogP contribution is 2.28. The van der Waals surface area contributed by atoms with Crippen molar-refractivity contribution in [3.8, 4) is 0 Å². The number of aromatic nitrogens is 2. The largest absolute Gasteiger partial charge is 0.349 e. The van der Waals surface area contributed by atoms with Crippen molar-refractivity contribution in [2.75, 3.05) is 17.4 Å². The predicted molar refractivity (Wildman–Crippen MR) is 80.6 cm³/mol. The lowest BCUT2D eigenvalue weighted by Gasteiger charge is -2.17. The van der Waals surface area contributed by atoms with Crippen LogP contribution in [0.4, 0.5) is 17.5 Å². The van der Waals surface area contributed by atoms with E-state index in [2.05, 4.69) is 31.3 Å². The van der Waals surface area contributed by atoms with Crippen molar-refractivity contribution in [1.82, 2.24) is 9.97 Å². The third-order valence-electron chi connectivity index (χ3n) is 2.45. The van der Waals surface area contributed by atoms with E-state index in [1.165, 1.54) is 0 Å². The van der Waals surface area contributed by atoms with Gasteiger partial charge < -0.3 is 4.90 Å². The number of halogens is 1. The number of nitrogen functional groups attached to an aromatic ring is 1. The summed E-state index contributed by atoms with van der Waals surface area (Å²) in [4.78, 5) is 21.0. The number of nitrogens with zero attached hydrogens (tertiary/aromatic N) is 4. The molecule has 10 heteroatoms. The van der Waals surface area contributed by atoms with Crippen LogP contribution >= 0.6 is 27.3 Å². The van der Waals surface area contributed by atoms with Crippen molar-refractivity contribution in [2.24, 2.45) is 5.84 Å². The van der Waals surface area contributed by atoms with Gasteiger partial charge in [-0.05, 0) is 22.0 Å². The molecular formula is C10H11BrN6O2S. The van der Waals surface area contributed by atoms with Crippen LogP contribution in [0.2, 0.25) is 0 Å². The fourth-order valence-electron chi connectivity index (χ4n) is 1.59. The standard InChI is InChI=1S/C10H11BrN6O2S/c1-16(4-7-2-6(11)5-20-7)9-8(17(18)19)3-13-10(14-9)15-12/h2-3,5H,4,12H2,1H3,(H,13,14,15). The van der Waals surface area contributed by atoms with Crippen LogP contribution in [0.25, 0.3) is 0 Å². The molecule has 0 bridgehead atoms. The van der Waals surface area contributed by atoms with Gasteiger partial charge in [0.1, 0.15) is 6.20 Å². The zero-order valence-corrected chi connectivity index (χ0v) is 12.8. The molecule has 0 spiro atoms. The third-order valence-corrected chi connectivity index (χ3v) is 4.13. The van der Waals surface area contributed by atoms with Crippen molar-refractivity contribution in [2.45, 2.75) is 6.54 Å². The molecule has 0 atom stereocenters. The van der Waals surface area contributed by atoms with Gasteiger partial charge in [0.25, 0.3) is 0 Å². The Morgan fingerprint density at radius 2 is 2.40 bits per heavy atom. The topological polar surface area (TPSA) is 110 Å². The monoisotopic (exact) mass is 358 g/mol. The molecule has 2 aromatic rings. The zero-order valence-electron chi connectivity index (χ0n) is 10.4. The molecule has 0 amide bonds. The Labute approximate surface area is 126 Å². The molecule has 0 radical (unpaired) electrons. The SMILES string of the molecule is CN(Cc1cc(Br)cs1)c1nc(NN)ncc1[N+](=O)[O-]. The summed E-state index contributed by atoms with van der Waals surface area (Å²) < 4.78 is 0.979. The van der Waals surface area contributed by atoms with Gasteiger partial charge in [-0.1, -0.05) is 0 Å². The average Bonchev–Trinajstić information content (AvgIpc) is 2.83. The normalized spacial score (nSPS) is 10.3. The number of hydrogen-bond acceptors (Lipinski definition) is 8. The number of hydrogen-bond donors (Lipinski definition) is 2. The highest BCUT2D eigenvalue weighted by atomic mass is 79.9. The Kier molecular flexibility index (Phi) is 4.47. The molecule has 0 aromatic carbocycles. The fraction of sp³-hybridized carbons (Fsp3) is 0.200. The number of anilines is 2. The summed E-state index contributed by atoms with van der Waals surface area (Å²) in [5.41, 5.74) is 2.12. The second-order valence-corrected chi connectivity index (χ2v) is 5.80. The number of hydrazine groups is 1. The first kappa shape index (κ1) is 14.6. The first-order valence-corrected chi connectivity index (χ1v) is 7.10. The van der Waals surface area contributed by atoms with Crippen LogP contribution in [0, 0.1) is 10.1 Å². The van der Waals surface area contributed by atoms with E-state index in [9.17, 15) is 10.1 Å². The maximum Gasteiger partial charge on any atom is 0.329 e. The van der Waals surface area contributed by atoms with E-state index in [1.54, 1.807) is 23.3 Å². The molecule has 0 unspecified atom stereocenters. The van der Waals surface area contributed by atoms with E-state index in [0.29, 0.717) is 6.54 Å². The molecule has 0 saturated heterocycles. The molecule has 0 aliphatic rings. The second-order valence-electron chi connectivity index (χ2n) is 3.89. The van der Waals surface area contributed by atoms with Gasteiger partial charge in [-0.2, -0.15) is 4.98 Å². The molecule has 8 nitrogen and oxygen atoms in total. The zero-order chi connectivity index (χ0) is 14.7. The highest BCUT2D eigenvalue weighted by Gasteiger charge is 2.21. The molecule has 0 fully saturated rings. The van der Waals surface area contributed by atoms with Crippen LogP contribution in [0.15, 0.2) is 22.1 Å². The summed E-state index contributed by atoms with van der Waals surface area (Å²) in [7, 11) is 1.73. The summed E-state index contributed by atoms with van der Waals surface area (Å²) in [5.74, 6) is 5.57. The minimum absolute atomic E-state index is 0.129. The Hall–Kier alpha value is -1.78. The Morgan fingerprint density at radius 1 is 1.65 bits per heavy atom. The van der Waals surface area contributed by atoms with Gasteiger partial charge >= 0.3 is 5.69 Å². The number of rotatable bonds is 5. The van der Waals surface area contributed by atoms with Crippen molar-refractivity contribution >= 4 is 44.7 Å². The lowest BCUT2D eigenvalue weighted by Crippen LogP contribution is -2.20. The molecule has 106 valence electrons. The molecule has 0 aliphatic carbocycles. The molecule has 3 N–H and O–H groups in total. The van der Waals surface area contributed by atoms with Gasteiger partial charge in [-0.25, -0.2) is 10.8 Å². The van der Waals surface area contributed by atoms with E-state index in [4.69, 9.17) is 5.84 Å². The van der Waals surface area contributed by atoms with Gasteiger partial charge in [0.2, 0.25) is 11.8 Å². The minimum atomic E-state index is -0.517.